The zero-order valence-corrected chi connectivity index (χ0v) is 13.6. The summed E-state index contributed by atoms with van der Waals surface area (Å²) in [5.74, 6) is -0.0940. The van der Waals surface area contributed by atoms with Gasteiger partial charge in [0.05, 0.1) is 15.7 Å². The molecule has 0 atom stereocenters. The van der Waals surface area contributed by atoms with Gasteiger partial charge in [0, 0.05) is 10.9 Å². The van der Waals surface area contributed by atoms with Crippen molar-refractivity contribution in [3.05, 3.63) is 51.3 Å². The van der Waals surface area contributed by atoms with Crippen LogP contribution in [0.3, 0.4) is 0 Å². The van der Waals surface area contributed by atoms with Crippen LogP contribution in [0.1, 0.15) is 16.2 Å². The molecule has 0 saturated carbocycles. The summed E-state index contributed by atoms with van der Waals surface area (Å²) < 4.78 is 5.32. The van der Waals surface area contributed by atoms with E-state index in [-0.39, 0.29) is 11.6 Å². The number of halogens is 2. The molecule has 22 heavy (non-hydrogen) atoms. The fourth-order valence-electron chi connectivity index (χ4n) is 1.71. The van der Waals surface area contributed by atoms with Gasteiger partial charge in [0.25, 0.3) is 5.91 Å². The van der Waals surface area contributed by atoms with Crippen LogP contribution < -0.4 is 5.32 Å². The number of nitrogens with zero attached hydrogens (tertiary/aromatic N) is 2. The number of anilines is 1. The van der Waals surface area contributed by atoms with Gasteiger partial charge in [0.2, 0.25) is 5.89 Å². The van der Waals surface area contributed by atoms with E-state index in [1.54, 1.807) is 18.2 Å². The van der Waals surface area contributed by atoms with Crippen molar-refractivity contribution in [1.29, 1.82) is 0 Å². The van der Waals surface area contributed by atoms with Crippen molar-refractivity contribution in [2.24, 2.45) is 0 Å². The second kappa shape index (κ2) is 6.08. The van der Waals surface area contributed by atoms with Crippen molar-refractivity contribution >= 4 is 45.6 Å². The quantitative estimate of drug-likeness (QED) is 0.742. The number of nitrogens with one attached hydrogen (secondary N) is 1. The van der Waals surface area contributed by atoms with E-state index < -0.39 is 0 Å². The fraction of sp³-hybridized carbons (Fsp3) is 0.0714. The molecular weight excluding hydrogens is 345 g/mol. The number of aryl methyl sites for hydroxylation is 1. The van der Waals surface area contributed by atoms with Gasteiger partial charge in [0.1, 0.15) is 6.26 Å². The maximum atomic E-state index is 12.1. The molecule has 0 fully saturated rings. The average Bonchev–Trinajstić information content (AvgIpc) is 3.11. The number of carbonyl (C=O) groups is 1. The smallest absolute Gasteiger partial charge is 0.279 e. The van der Waals surface area contributed by atoms with E-state index in [9.17, 15) is 4.79 Å². The Morgan fingerprint density at radius 3 is 2.77 bits per heavy atom. The van der Waals surface area contributed by atoms with Crippen LogP contribution in [0.25, 0.3) is 11.5 Å². The Bertz CT molecular complexity index is 844. The molecule has 3 aromatic rings. The summed E-state index contributed by atoms with van der Waals surface area (Å²) in [5, 5.41) is 5.85. The molecule has 0 aliphatic heterocycles. The molecular formula is C14H9Cl2N3O2S. The molecule has 0 aliphatic rings. The zero-order valence-electron chi connectivity index (χ0n) is 11.3. The summed E-state index contributed by atoms with van der Waals surface area (Å²) in [6.07, 6.45) is 1.29. The van der Waals surface area contributed by atoms with Crippen LogP contribution in [-0.4, -0.2) is 15.9 Å². The maximum absolute atomic E-state index is 12.1. The molecule has 0 spiro atoms. The predicted octanol–water partition coefficient (Wildman–Crippen LogP) is 4.67. The molecule has 1 amide bonds. The first-order chi connectivity index (χ1) is 10.5. The lowest BCUT2D eigenvalue weighted by Crippen LogP contribution is -2.12. The fourth-order valence-corrected chi connectivity index (χ4v) is 2.69. The molecule has 1 N–H and O–H groups in total. The van der Waals surface area contributed by atoms with Crippen LogP contribution >= 0.6 is 34.5 Å². The van der Waals surface area contributed by atoms with Gasteiger partial charge in [-0.1, -0.05) is 23.2 Å². The Morgan fingerprint density at radius 1 is 1.27 bits per heavy atom. The summed E-state index contributed by atoms with van der Waals surface area (Å²) in [6, 6.07) is 4.98. The average molecular weight is 354 g/mol. The van der Waals surface area contributed by atoms with Crippen LogP contribution in [0.15, 0.2) is 34.3 Å². The van der Waals surface area contributed by atoms with Crippen LogP contribution in [0.2, 0.25) is 10.0 Å². The molecule has 2 heterocycles. The standard InChI is InChI=1S/C14H9Cl2N3O2S/c1-7-6-22-14(17-7)19-12(20)11-5-21-13(18-11)8-2-3-9(15)10(16)4-8/h2-6H,1H3,(H,17,19,20). The van der Waals surface area contributed by atoms with E-state index in [2.05, 4.69) is 15.3 Å². The lowest BCUT2D eigenvalue weighted by Gasteiger charge is -1.98. The zero-order chi connectivity index (χ0) is 15.7. The van der Waals surface area contributed by atoms with Crippen molar-refractivity contribution in [2.75, 3.05) is 5.32 Å². The second-order valence-corrected chi connectivity index (χ2v) is 6.09. The van der Waals surface area contributed by atoms with Crippen molar-refractivity contribution in [3.8, 4) is 11.5 Å². The van der Waals surface area contributed by atoms with Gasteiger partial charge >= 0.3 is 0 Å². The number of aromatic nitrogens is 2. The highest BCUT2D eigenvalue weighted by atomic mass is 35.5. The monoisotopic (exact) mass is 353 g/mol. The van der Waals surface area contributed by atoms with E-state index in [0.717, 1.165) is 5.69 Å². The molecule has 5 nitrogen and oxygen atoms in total. The third-order valence-corrected chi connectivity index (χ3v) is 4.36. The van der Waals surface area contributed by atoms with Crippen molar-refractivity contribution < 1.29 is 9.21 Å². The SMILES string of the molecule is Cc1csc(NC(=O)c2coc(-c3ccc(Cl)c(Cl)c3)n2)n1. The Balaban J connectivity index is 1.80. The number of benzene rings is 1. The predicted molar refractivity (Wildman–Crippen MR) is 86.8 cm³/mol. The third kappa shape index (κ3) is 3.14. The lowest BCUT2D eigenvalue weighted by atomic mass is 10.2. The summed E-state index contributed by atoms with van der Waals surface area (Å²) in [6.45, 7) is 1.85. The Hall–Kier alpha value is -1.89. The molecule has 0 unspecified atom stereocenters. The summed E-state index contributed by atoms with van der Waals surface area (Å²) in [5.41, 5.74) is 1.64. The summed E-state index contributed by atoms with van der Waals surface area (Å²) in [4.78, 5) is 20.4. The Kier molecular flexibility index (Phi) is 4.15. The highest BCUT2D eigenvalue weighted by molar-refractivity contribution is 7.13. The van der Waals surface area contributed by atoms with Gasteiger partial charge < -0.3 is 4.42 Å². The molecule has 0 aliphatic carbocycles. The topological polar surface area (TPSA) is 68.0 Å². The molecule has 3 rings (SSSR count). The van der Waals surface area contributed by atoms with E-state index in [1.165, 1.54) is 17.6 Å². The normalized spacial score (nSPS) is 10.7. The number of rotatable bonds is 3. The molecule has 0 bridgehead atoms. The first kappa shape index (κ1) is 15.0. The Morgan fingerprint density at radius 2 is 2.09 bits per heavy atom. The summed E-state index contributed by atoms with van der Waals surface area (Å²) >= 11 is 13.2. The van der Waals surface area contributed by atoms with Crippen LogP contribution in [0.4, 0.5) is 5.13 Å². The van der Waals surface area contributed by atoms with Crippen LogP contribution in [0.5, 0.6) is 0 Å². The van der Waals surface area contributed by atoms with Crippen molar-refractivity contribution in [1.82, 2.24) is 9.97 Å². The van der Waals surface area contributed by atoms with E-state index in [4.69, 9.17) is 27.6 Å². The van der Waals surface area contributed by atoms with Crippen molar-refractivity contribution in [3.63, 3.8) is 0 Å². The van der Waals surface area contributed by atoms with Gasteiger partial charge in [-0.2, -0.15) is 0 Å². The number of hydrogen-bond donors (Lipinski definition) is 1. The van der Waals surface area contributed by atoms with Crippen LogP contribution in [-0.2, 0) is 0 Å². The number of oxazole rings is 1. The third-order valence-electron chi connectivity index (χ3n) is 2.74. The van der Waals surface area contributed by atoms with Gasteiger partial charge in [-0.25, -0.2) is 9.97 Å². The van der Waals surface area contributed by atoms with Gasteiger partial charge in [-0.3, -0.25) is 10.1 Å². The summed E-state index contributed by atoms with van der Waals surface area (Å²) in [7, 11) is 0. The van der Waals surface area contributed by atoms with E-state index in [1.807, 2.05) is 12.3 Å². The first-order valence-corrected chi connectivity index (χ1v) is 7.81. The Labute approximate surface area is 139 Å². The number of carbonyl (C=O) groups excluding carboxylic acids is 1. The highest BCUT2D eigenvalue weighted by Crippen LogP contribution is 2.28. The van der Waals surface area contributed by atoms with Gasteiger partial charge in [-0.05, 0) is 25.1 Å². The number of hydrogen-bond acceptors (Lipinski definition) is 5. The second-order valence-electron chi connectivity index (χ2n) is 4.41. The minimum Gasteiger partial charge on any atom is -0.444 e. The van der Waals surface area contributed by atoms with Crippen LogP contribution in [0, 0.1) is 6.92 Å². The lowest BCUT2D eigenvalue weighted by molar-refractivity contribution is 0.102. The largest absolute Gasteiger partial charge is 0.444 e. The highest BCUT2D eigenvalue weighted by Gasteiger charge is 2.15. The van der Waals surface area contributed by atoms with Gasteiger partial charge in [-0.15, -0.1) is 11.3 Å². The van der Waals surface area contributed by atoms with Crippen molar-refractivity contribution in [2.45, 2.75) is 6.92 Å². The molecule has 1 aromatic carbocycles. The minimum atomic E-state index is -0.385. The molecule has 112 valence electrons. The maximum Gasteiger partial charge on any atom is 0.279 e. The molecule has 0 saturated heterocycles. The minimum absolute atomic E-state index is 0.161. The first-order valence-electron chi connectivity index (χ1n) is 6.17. The van der Waals surface area contributed by atoms with E-state index in [0.29, 0.717) is 26.6 Å². The number of thiazole rings is 1. The number of amides is 1. The molecule has 8 heteroatoms. The van der Waals surface area contributed by atoms with E-state index >= 15 is 0 Å². The molecule has 0 radical (unpaired) electrons. The van der Waals surface area contributed by atoms with Gasteiger partial charge in [0.15, 0.2) is 10.8 Å². The molecule has 2 aromatic heterocycles.